The average molecular weight is 364 g/mol. The highest BCUT2D eigenvalue weighted by Gasteiger charge is 2.22. The fourth-order valence-corrected chi connectivity index (χ4v) is 2.42. The molecule has 0 radical (unpaired) electrons. The van der Waals surface area contributed by atoms with E-state index in [1.165, 1.54) is 0 Å². The molecule has 0 spiro atoms. The summed E-state index contributed by atoms with van der Waals surface area (Å²) in [5.74, 6) is 1.11. The number of carbonyl (C=O) groups excluding carboxylic acids is 1. The smallest absolute Gasteiger partial charge is 0.258 e. The van der Waals surface area contributed by atoms with Crippen molar-refractivity contribution in [3.8, 4) is 5.75 Å². The highest BCUT2D eigenvalue weighted by molar-refractivity contribution is 9.10. The van der Waals surface area contributed by atoms with E-state index in [-0.39, 0.29) is 31.0 Å². The van der Waals surface area contributed by atoms with Crippen LogP contribution in [-0.4, -0.2) is 31.6 Å². The molecule has 0 aromatic heterocycles. The number of nitrogens with one attached hydrogen (secondary N) is 2. The largest absolute Gasteiger partial charge is 0.484 e. The summed E-state index contributed by atoms with van der Waals surface area (Å²) in [7, 11) is 0. The Bertz CT molecular complexity index is 428. The minimum atomic E-state index is -0.0540. The lowest BCUT2D eigenvalue weighted by Gasteiger charge is -2.30. The van der Waals surface area contributed by atoms with Crippen LogP contribution in [-0.2, 0) is 4.79 Å². The van der Waals surface area contributed by atoms with Crippen LogP contribution in [0.5, 0.6) is 5.75 Å². The van der Waals surface area contributed by atoms with Gasteiger partial charge < -0.3 is 15.4 Å². The lowest BCUT2D eigenvalue weighted by atomic mass is 9.95. The molecule has 1 aromatic carbocycles. The Morgan fingerprint density at radius 2 is 2.15 bits per heavy atom. The van der Waals surface area contributed by atoms with Crippen LogP contribution >= 0.6 is 28.3 Å². The zero-order chi connectivity index (χ0) is 13.7. The van der Waals surface area contributed by atoms with Crippen molar-refractivity contribution in [2.75, 3.05) is 19.7 Å². The SMILES string of the molecule is CC1CNCCC1NC(=O)COc1ccc(Br)cc1.Cl. The molecule has 0 aliphatic carbocycles. The van der Waals surface area contributed by atoms with E-state index in [0.29, 0.717) is 11.7 Å². The molecular weight excluding hydrogens is 344 g/mol. The lowest BCUT2D eigenvalue weighted by molar-refractivity contribution is -0.124. The van der Waals surface area contributed by atoms with Crippen LogP contribution in [0.4, 0.5) is 0 Å². The van der Waals surface area contributed by atoms with Crippen molar-refractivity contribution in [3.63, 3.8) is 0 Å². The maximum absolute atomic E-state index is 11.8. The van der Waals surface area contributed by atoms with E-state index >= 15 is 0 Å². The maximum Gasteiger partial charge on any atom is 0.258 e. The predicted molar refractivity (Wildman–Crippen MR) is 85.5 cm³/mol. The molecule has 4 nitrogen and oxygen atoms in total. The first kappa shape index (κ1) is 17.3. The minimum Gasteiger partial charge on any atom is -0.484 e. The Balaban J connectivity index is 0.00000200. The summed E-state index contributed by atoms with van der Waals surface area (Å²) < 4.78 is 6.44. The standard InChI is InChI=1S/C14H19BrN2O2.ClH/c1-10-8-16-7-6-13(10)17-14(18)9-19-12-4-2-11(15)3-5-12;/h2-5,10,13,16H,6-9H2,1H3,(H,17,18);1H. The van der Waals surface area contributed by atoms with Crippen LogP contribution in [0.25, 0.3) is 0 Å². The molecule has 2 unspecified atom stereocenters. The van der Waals surface area contributed by atoms with Crippen molar-refractivity contribution in [2.24, 2.45) is 5.92 Å². The number of benzene rings is 1. The number of rotatable bonds is 4. The normalized spacial score (nSPS) is 21.7. The van der Waals surface area contributed by atoms with Gasteiger partial charge in [-0.25, -0.2) is 0 Å². The number of hydrogen-bond acceptors (Lipinski definition) is 3. The van der Waals surface area contributed by atoms with Crippen molar-refractivity contribution in [3.05, 3.63) is 28.7 Å². The quantitative estimate of drug-likeness (QED) is 0.863. The fourth-order valence-electron chi connectivity index (χ4n) is 2.16. The fraction of sp³-hybridized carbons (Fsp3) is 0.500. The zero-order valence-electron chi connectivity index (χ0n) is 11.4. The Kier molecular flexibility index (Phi) is 7.34. The van der Waals surface area contributed by atoms with E-state index in [2.05, 4.69) is 33.5 Å². The molecule has 1 aliphatic rings. The molecule has 1 aromatic rings. The van der Waals surface area contributed by atoms with E-state index in [4.69, 9.17) is 4.74 Å². The maximum atomic E-state index is 11.8. The summed E-state index contributed by atoms with van der Waals surface area (Å²) in [5.41, 5.74) is 0. The first-order valence-corrected chi connectivity index (χ1v) is 7.33. The third kappa shape index (κ3) is 5.31. The number of carbonyl (C=O) groups is 1. The van der Waals surface area contributed by atoms with Gasteiger partial charge in [-0.15, -0.1) is 12.4 Å². The highest BCUT2D eigenvalue weighted by Crippen LogP contribution is 2.16. The van der Waals surface area contributed by atoms with Gasteiger partial charge in [0, 0.05) is 10.5 Å². The molecule has 1 aliphatic heterocycles. The van der Waals surface area contributed by atoms with Gasteiger partial charge in [-0.3, -0.25) is 4.79 Å². The predicted octanol–water partition coefficient (Wildman–Crippen LogP) is 2.36. The van der Waals surface area contributed by atoms with Gasteiger partial charge in [0.2, 0.25) is 0 Å². The molecule has 6 heteroatoms. The van der Waals surface area contributed by atoms with Crippen LogP contribution < -0.4 is 15.4 Å². The molecular formula is C14H20BrClN2O2. The summed E-state index contributed by atoms with van der Waals surface area (Å²) in [6, 6.07) is 7.71. The van der Waals surface area contributed by atoms with Crippen LogP contribution in [0, 0.1) is 5.92 Å². The van der Waals surface area contributed by atoms with Crippen molar-refractivity contribution in [1.29, 1.82) is 0 Å². The molecule has 2 atom stereocenters. The second-order valence-corrected chi connectivity index (χ2v) is 5.80. The molecule has 0 bridgehead atoms. The van der Waals surface area contributed by atoms with Gasteiger partial charge >= 0.3 is 0 Å². The van der Waals surface area contributed by atoms with Gasteiger partial charge in [-0.1, -0.05) is 22.9 Å². The Morgan fingerprint density at radius 3 is 2.80 bits per heavy atom. The Morgan fingerprint density at radius 1 is 1.45 bits per heavy atom. The summed E-state index contributed by atoms with van der Waals surface area (Å²) in [4.78, 5) is 11.8. The molecule has 20 heavy (non-hydrogen) atoms. The third-order valence-corrected chi connectivity index (χ3v) is 3.84. The third-order valence-electron chi connectivity index (χ3n) is 3.32. The van der Waals surface area contributed by atoms with Gasteiger partial charge in [0.05, 0.1) is 0 Å². The monoisotopic (exact) mass is 362 g/mol. The van der Waals surface area contributed by atoms with Crippen LogP contribution in [0.2, 0.25) is 0 Å². The summed E-state index contributed by atoms with van der Waals surface area (Å²) >= 11 is 3.36. The van der Waals surface area contributed by atoms with Gasteiger partial charge in [0.15, 0.2) is 6.61 Å². The highest BCUT2D eigenvalue weighted by atomic mass is 79.9. The van der Waals surface area contributed by atoms with Gasteiger partial charge in [-0.05, 0) is 49.7 Å². The Labute approximate surface area is 134 Å². The Hall–Kier alpha value is -0.780. The van der Waals surface area contributed by atoms with Crippen molar-refractivity contribution in [1.82, 2.24) is 10.6 Å². The number of hydrogen-bond donors (Lipinski definition) is 2. The van der Waals surface area contributed by atoms with E-state index in [9.17, 15) is 4.79 Å². The zero-order valence-corrected chi connectivity index (χ0v) is 13.8. The number of piperidine rings is 1. The second-order valence-electron chi connectivity index (χ2n) is 4.89. The minimum absolute atomic E-state index is 0. The van der Waals surface area contributed by atoms with Crippen LogP contribution in [0.1, 0.15) is 13.3 Å². The number of amides is 1. The molecule has 2 N–H and O–H groups in total. The van der Waals surface area contributed by atoms with E-state index in [1.54, 1.807) is 0 Å². The first-order chi connectivity index (χ1) is 9.15. The average Bonchev–Trinajstić information content (AvgIpc) is 2.41. The van der Waals surface area contributed by atoms with E-state index in [0.717, 1.165) is 24.0 Å². The molecule has 1 fully saturated rings. The second kappa shape index (κ2) is 8.49. The molecule has 112 valence electrons. The molecule has 2 rings (SSSR count). The van der Waals surface area contributed by atoms with Crippen molar-refractivity contribution >= 4 is 34.2 Å². The molecule has 0 saturated carbocycles. The molecule has 1 amide bonds. The number of ether oxygens (including phenoxy) is 1. The van der Waals surface area contributed by atoms with E-state index in [1.807, 2.05) is 24.3 Å². The van der Waals surface area contributed by atoms with Gasteiger partial charge in [0.1, 0.15) is 5.75 Å². The summed E-state index contributed by atoms with van der Waals surface area (Å²) in [6.45, 7) is 4.13. The lowest BCUT2D eigenvalue weighted by Crippen LogP contribution is -2.49. The van der Waals surface area contributed by atoms with Crippen molar-refractivity contribution in [2.45, 2.75) is 19.4 Å². The van der Waals surface area contributed by atoms with E-state index < -0.39 is 0 Å². The van der Waals surface area contributed by atoms with Gasteiger partial charge in [-0.2, -0.15) is 0 Å². The van der Waals surface area contributed by atoms with Gasteiger partial charge in [0.25, 0.3) is 5.91 Å². The molecule has 1 saturated heterocycles. The first-order valence-electron chi connectivity index (χ1n) is 6.53. The topological polar surface area (TPSA) is 50.4 Å². The summed E-state index contributed by atoms with van der Waals surface area (Å²) in [5, 5.41) is 6.35. The van der Waals surface area contributed by atoms with Crippen LogP contribution in [0.3, 0.4) is 0 Å². The summed E-state index contributed by atoms with van der Waals surface area (Å²) in [6.07, 6.45) is 0.977. The van der Waals surface area contributed by atoms with Crippen molar-refractivity contribution < 1.29 is 9.53 Å². The number of halogens is 2. The van der Waals surface area contributed by atoms with Crippen LogP contribution in [0.15, 0.2) is 28.7 Å². The molecule has 1 heterocycles.